The zero-order valence-electron chi connectivity index (χ0n) is 11.5. The molecule has 0 unspecified atom stereocenters. The molecule has 5 heteroatoms. The van der Waals surface area contributed by atoms with E-state index in [1.165, 1.54) is 12.8 Å². The van der Waals surface area contributed by atoms with Gasteiger partial charge in [-0.1, -0.05) is 6.92 Å². The van der Waals surface area contributed by atoms with E-state index >= 15 is 0 Å². The Bertz CT molecular complexity index is 311. The lowest BCUT2D eigenvalue weighted by atomic mass is 9.89. The van der Waals surface area contributed by atoms with Crippen LogP contribution in [0.1, 0.15) is 40.0 Å². The Balaban J connectivity index is 2.22. The largest absolute Gasteiger partial charge is 0.481 e. The minimum Gasteiger partial charge on any atom is -0.481 e. The van der Waals surface area contributed by atoms with Crippen LogP contribution in [0.15, 0.2) is 0 Å². The number of aliphatic carboxylic acids is 1. The fourth-order valence-electron chi connectivity index (χ4n) is 1.92. The topological polar surface area (TPSA) is 69.6 Å². The van der Waals surface area contributed by atoms with Crippen molar-refractivity contribution in [3.8, 4) is 0 Å². The SMILES string of the molecule is CCN(CCNC(=O)CC(C)(C)C(=O)O)C1CC1. The van der Waals surface area contributed by atoms with Gasteiger partial charge in [0.05, 0.1) is 5.41 Å². The number of amides is 1. The summed E-state index contributed by atoms with van der Waals surface area (Å²) in [6.45, 7) is 7.70. The van der Waals surface area contributed by atoms with Crippen LogP contribution in [0.3, 0.4) is 0 Å². The molecule has 1 saturated carbocycles. The van der Waals surface area contributed by atoms with E-state index in [4.69, 9.17) is 5.11 Å². The van der Waals surface area contributed by atoms with E-state index in [2.05, 4.69) is 17.1 Å². The van der Waals surface area contributed by atoms with Crippen molar-refractivity contribution >= 4 is 11.9 Å². The van der Waals surface area contributed by atoms with E-state index in [0.717, 1.165) is 13.1 Å². The second-order valence-corrected chi connectivity index (χ2v) is 5.58. The van der Waals surface area contributed by atoms with Crippen molar-refractivity contribution < 1.29 is 14.7 Å². The summed E-state index contributed by atoms with van der Waals surface area (Å²) >= 11 is 0. The van der Waals surface area contributed by atoms with Gasteiger partial charge in [-0.15, -0.1) is 0 Å². The number of nitrogens with one attached hydrogen (secondary N) is 1. The van der Waals surface area contributed by atoms with Gasteiger partial charge < -0.3 is 10.4 Å². The molecule has 2 N–H and O–H groups in total. The highest BCUT2D eigenvalue weighted by molar-refractivity contribution is 5.84. The van der Waals surface area contributed by atoms with E-state index in [0.29, 0.717) is 12.6 Å². The third kappa shape index (κ3) is 4.64. The summed E-state index contributed by atoms with van der Waals surface area (Å²) in [5.41, 5.74) is -0.995. The molecular formula is C13H24N2O3. The van der Waals surface area contributed by atoms with Crippen LogP contribution >= 0.6 is 0 Å². The highest BCUT2D eigenvalue weighted by Crippen LogP contribution is 2.25. The first-order chi connectivity index (χ1) is 8.36. The van der Waals surface area contributed by atoms with E-state index < -0.39 is 11.4 Å². The van der Waals surface area contributed by atoms with Gasteiger partial charge in [0.15, 0.2) is 0 Å². The first-order valence-electron chi connectivity index (χ1n) is 6.61. The summed E-state index contributed by atoms with van der Waals surface area (Å²) in [5.74, 6) is -1.12. The van der Waals surface area contributed by atoms with Crippen molar-refractivity contribution in [3.05, 3.63) is 0 Å². The van der Waals surface area contributed by atoms with E-state index in [1.54, 1.807) is 13.8 Å². The average molecular weight is 256 g/mol. The number of hydrogen-bond acceptors (Lipinski definition) is 3. The molecule has 5 nitrogen and oxygen atoms in total. The third-order valence-corrected chi connectivity index (χ3v) is 3.37. The minimum atomic E-state index is -0.995. The molecule has 1 amide bonds. The molecule has 0 heterocycles. The summed E-state index contributed by atoms with van der Waals surface area (Å²) in [6.07, 6.45) is 2.54. The van der Waals surface area contributed by atoms with Crippen molar-refractivity contribution in [3.63, 3.8) is 0 Å². The maximum atomic E-state index is 11.6. The van der Waals surface area contributed by atoms with Crippen LogP contribution in [0.2, 0.25) is 0 Å². The predicted octanol–water partition coefficient (Wildman–Crippen LogP) is 1.09. The Morgan fingerprint density at radius 1 is 1.39 bits per heavy atom. The molecule has 0 aromatic heterocycles. The van der Waals surface area contributed by atoms with Gasteiger partial charge in [-0.05, 0) is 33.2 Å². The van der Waals surface area contributed by atoms with Gasteiger partial charge >= 0.3 is 5.97 Å². The lowest BCUT2D eigenvalue weighted by Crippen LogP contribution is -2.38. The normalized spacial score (nSPS) is 15.8. The molecule has 104 valence electrons. The Morgan fingerprint density at radius 3 is 2.44 bits per heavy atom. The Kier molecular flexibility index (Phi) is 5.14. The number of carbonyl (C=O) groups excluding carboxylic acids is 1. The molecule has 0 aromatic rings. The van der Waals surface area contributed by atoms with E-state index in [9.17, 15) is 9.59 Å². The third-order valence-electron chi connectivity index (χ3n) is 3.37. The number of likely N-dealkylation sites (N-methyl/N-ethyl adjacent to an activating group) is 1. The van der Waals surface area contributed by atoms with Gasteiger partial charge in [-0.2, -0.15) is 0 Å². The molecule has 1 aliphatic carbocycles. The smallest absolute Gasteiger partial charge is 0.309 e. The maximum absolute atomic E-state index is 11.6. The molecule has 0 bridgehead atoms. The van der Waals surface area contributed by atoms with Crippen LogP contribution in [0, 0.1) is 5.41 Å². The van der Waals surface area contributed by atoms with Crippen molar-refractivity contribution in [2.24, 2.45) is 5.41 Å². The summed E-state index contributed by atoms with van der Waals surface area (Å²) in [7, 11) is 0. The Morgan fingerprint density at radius 2 is 2.00 bits per heavy atom. The molecule has 1 rings (SSSR count). The zero-order valence-corrected chi connectivity index (χ0v) is 11.5. The number of carboxylic acids is 1. The summed E-state index contributed by atoms with van der Waals surface area (Å²) in [5, 5.41) is 11.7. The first kappa shape index (κ1) is 15.0. The molecule has 1 aliphatic rings. The molecular weight excluding hydrogens is 232 g/mol. The fourth-order valence-corrected chi connectivity index (χ4v) is 1.92. The second kappa shape index (κ2) is 6.18. The van der Waals surface area contributed by atoms with Crippen LogP contribution in [-0.2, 0) is 9.59 Å². The van der Waals surface area contributed by atoms with Gasteiger partial charge in [0, 0.05) is 25.6 Å². The van der Waals surface area contributed by atoms with Crippen molar-refractivity contribution in [1.82, 2.24) is 10.2 Å². The summed E-state index contributed by atoms with van der Waals surface area (Å²) < 4.78 is 0. The van der Waals surface area contributed by atoms with Gasteiger partial charge in [0.2, 0.25) is 5.91 Å². The van der Waals surface area contributed by atoms with Crippen molar-refractivity contribution in [2.45, 2.75) is 46.1 Å². The predicted molar refractivity (Wildman–Crippen MR) is 69.3 cm³/mol. The molecule has 0 saturated heterocycles. The molecule has 0 spiro atoms. The standard InChI is InChI=1S/C13H24N2O3/c1-4-15(10-5-6-10)8-7-14-11(16)9-13(2,3)12(17)18/h10H,4-9H2,1-3H3,(H,14,16)(H,17,18). The number of rotatable bonds is 8. The number of carbonyl (C=O) groups is 2. The first-order valence-corrected chi connectivity index (χ1v) is 6.61. The molecule has 18 heavy (non-hydrogen) atoms. The second-order valence-electron chi connectivity index (χ2n) is 5.58. The van der Waals surface area contributed by atoms with Gasteiger partial charge in [0.1, 0.15) is 0 Å². The lowest BCUT2D eigenvalue weighted by Gasteiger charge is -2.21. The lowest BCUT2D eigenvalue weighted by molar-refractivity contribution is -0.149. The van der Waals surface area contributed by atoms with Crippen LogP contribution in [0.5, 0.6) is 0 Å². The maximum Gasteiger partial charge on any atom is 0.309 e. The minimum absolute atomic E-state index is 0.0257. The van der Waals surface area contributed by atoms with E-state index in [-0.39, 0.29) is 12.3 Å². The quantitative estimate of drug-likeness (QED) is 0.682. The Labute approximate surface area is 109 Å². The van der Waals surface area contributed by atoms with Crippen LogP contribution in [0.25, 0.3) is 0 Å². The molecule has 0 aromatic carbocycles. The summed E-state index contributed by atoms with van der Waals surface area (Å²) in [4.78, 5) is 24.9. The zero-order chi connectivity index (χ0) is 13.8. The number of nitrogens with zero attached hydrogens (tertiary/aromatic N) is 1. The van der Waals surface area contributed by atoms with E-state index in [1.807, 2.05) is 0 Å². The van der Waals surface area contributed by atoms with Crippen LogP contribution < -0.4 is 5.32 Å². The van der Waals surface area contributed by atoms with Crippen molar-refractivity contribution in [2.75, 3.05) is 19.6 Å². The van der Waals surface area contributed by atoms with Crippen LogP contribution in [-0.4, -0.2) is 47.6 Å². The monoisotopic (exact) mass is 256 g/mol. The Hall–Kier alpha value is -1.10. The molecule has 0 atom stereocenters. The number of carboxylic acid groups (broad SMARTS) is 1. The summed E-state index contributed by atoms with van der Waals surface area (Å²) in [6, 6.07) is 0.697. The average Bonchev–Trinajstić information content (AvgIpc) is 3.07. The molecule has 0 aliphatic heterocycles. The molecule has 0 radical (unpaired) electrons. The molecule has 1 fully saturated rings. The van der Waals surface area contributed by atoms with Gasteiger partial charge in [-0.3, -0.25) is 14.5 Å². The van der Waals surface area contributed by atoms with Gasteiger partial charge in [-0.25, -0.2) is 0 Å². The highest BCUT2D eigenvalue weighted by atomic mass is 16.4. The van der Waals surface area contributed by atoms with Crippen LogP contribution in [0.4, 0.5) is 0 Å². The fraction of sp³-hybridized carbons (Fsp3) is 0.846. The number of hydrogen-bond donors (Lipinski definition) is 2. The van der Waals surface area contributed by atoms with Crippen molar-refractivity contribution in [1.29, 1.82) is 0 Å². The van der Waals surface area contributed by atoms with Gasteiger partial charge in [0.25, 0.3) is 0 Å². The highest BCUT2D eigenvalue weighted by Gasteiger charge is 2.30.